The average molecular weight is 277 g/mol. The molecule has 19 heavy (non-hydrogen) atoms. The van der Waals surface area contributed by atoms with Crippen LogP contribution in [0.4, 0.5) is 0 Å². The largest absolute Gasteiger partial charge is 0.329 e. The Morgan fingerprint density at radius 3 is 3.26 bits per heavy atom. The minimum absolute atomic E-state index is 0.902. The minimum Gasteiger partial charge on any atom is -0.329 e. The van der Waals surface area contributed by atoms with Crippen LogP contribution in [-0.2, 0) is 19.6 Å². The first-order valence-electron chi connectivity index (χ1n) is 6.75. The van der Waals surface area contributed by atoms with Gasteiger partial charge >= 0.3 is 0 Å². The van der Waals surface area contributed by atoms with Gasteiger partial charge in [0, 0.05) is 37.8 Å². The fraction of sp³-hybridized carbons (Fsp3) is 0.538. The quantitative estimate of drug-likeness (QED) is 0.843. The zero-order valence-corrected chi connectivity index (χ0v) is 12.0. The summed E-state index contributed by atoms with van der Waals surface area (Å²) >= 11 is 1.95. The van der Waals surface area contributed by atoms with E-state index in [-0.39, 0.29) is 0 Å². The van der Waals surface area contributed by atoms with E-state index in [1.165, 1.54) is 5.69 Å². The van der Waals surface area contributed by atoms with Crippen LogP contribution in [0.25, 0.3) is 11.5 Å². The summed E-state index contributed by atoms with van der Waals surface area (Å²) in [7, 11) is 0. The van der Waals surface area contributed by atoms with Crippen molar-refractivity contribution >= 4 is 11.8 Å². The highest BCUT2D eigenvalue weighted by Gasteiger charge is 2.15. The van der Waals surface area contributed by atoms with Crippen molar-refractivity contribution < 1.29 is 0 Å². The molecule has 6 heteroatoms. The molecule has 3 heterocycles. The van der Waals surface area contributed by atoms with Crippen LogP contribution in [0.2, 0.25) is 0 Å². The Morgan fingerprint density at radius 1 is 1.47 bits per heavy atom. The van der Waals surface area contributed by atoms with Crippen molar-refractivity contribution in [3.05, 3.63) is 24.2 Å². The Kier molecular flexibility index (Phi) is 3.89. The topological polar surface area (TPSA) is 47.7 Å². The fourth-order valence-corrected chi connectivity index (χ4v) is 2.95. The van der Waals surface area contributed by atoms with E-state index in [4.69, 9.17) is 0 Å². The highest BCUT2D eigenvalue weighted by atomic mass is 32.2. The van der Waals surface area contributed by atoms with Gasteiger partial charge in [-0.3, -0.25) is 4.68 Å². The molecule has 0 saturated heterocycles. The Balaban J connectivity index is 1.81. The van der Waals surface area contributed by atoms with Gasteiger partial charge in [-0.25, -0.2) is 4.98 Å². The van der Waals surface area contributed by atoms with Gasteiger partial charge in [-0.05, 0) is 11.8 Å². The van der Waals surface area contributed by atoms with E-state index in [9.17, 15) is 0 Å². The van der Waals surface area contributed by atoms with Gasteiger partial charge in [0.2, 0.25) is 0 Å². The van der Waals surface area contributed by atoms with Crippen LogP contribution >= 0.6 is 11.8 Å². The lowest BCUT2D eigenvalue weighted by Crippen LogP contribution is -2.28. The number of nitrogens with one attached hydrogen (secondary N) is 1. The van der Waals surface area contributed by atoms with Gasteiger partial charge in [-0.1, -0.05) is 6.92 Å². The smallest absolute Gasteiger partial charge is 0.160 e. The van der Waals surface area contributed by atoms with Crippen LogP contribution in [0.1, 0.15) is 12.6 Å². The van der Waals surface area contributed by atoms with Crippen LogP contribution in [-0.4, -0.2) is 37.4 Å². The van der Waals surface area contributed by atoms with Gasteiger partial charge in [0.05, 0.1) is 12.2 Å². The molecule has 102 valence electrons. The number of nitrogens with zero attached hydrogens (tertiary/aromatic N) is 4. The summed E-state index contributed by atoms with van der Waals surface area (Å²) in [6, 6.07) is 2.15. The lowest BCUT2D eigenvalue weighted by Gasteiger charge is -2.13. The Bertz CT molecular complexity index is 521. The zero-order valence-electron chi connectivity index (χ0n) is 11.2. The Morgan fingerprint density at radius 2 is 2.42 bits per heavy atom. The van der Waals surface area contributed by atoms with Gasteiger partial charge in [-0.15, -0.1) is 0 Å². The summed E-state index contributed by atoms with van der Waals surface area (Å²) in [6.07, 6.45) is 3.91. The number of aryl methyl sites for hydroxylation is 1. The third-order valence-corrected chi connectivity index (χ3v) is 4.17. The molecule has 2 aromatic heterocycles. The maximum atomic E-state index is 4.67. The van der Waals surface area contributed by atoms with Crippen LogP contribution in [0.3, 0.4) is 0 Å². The van der Waals surface area contributed by atoms with Gasteiger partial charge in [0.1, 0.15) is 5.69 Å². The monoisotopic (exact) mass is 277 g/mol. The van der Waals surface area contributed by atoms with Crippen molar-refractivity contribution in [3.63, 3.8) is 0 Å². The molecule has 0 spiro atoms. The third-order valence-electron chi connectivity index (χ3n) is 3.30. The first-order valence-corrected chi connectivity index (χ1v) is 7.90. The van der Waals surface area contributed by atoms with E-state index in [1.807, 2.05) is 24.2 Å². The van der Waals surface area contributed by atoms with Crippen molar-refractivity contribution in [2.24, 2.45) is 0 Å². The number of imidazole rings is 1. The van der Waals surface area contributed by atoms with E-state index < -0.39 is 0 Å². The number of aromatic nitrogens is 4. The highest BCUT2D eigenvalue weighted by Crippen LogP contribution is 2.19. The summed E-state index contributed by atoms with van der Waals surface area (Å²) in [5.74, 6) is 3.27. The van der Waals surface area contributed by atoms with Crippen molar-refractivity contribution in [2.45, 2.75) is 26.6 Å². The lowest BCUT2D eigenvalue weighted by atomic mass is 10.3. The Labute approximate surface area is 117 Å². The van der Waals surface area contributed by atoms with E-state index in [0.29, 0.717) is 0 Å². The molecule has 1 aliphatic rings. The number of rotatable bonds is 5. The molecule has 0 amide bonds. The molecule has 5 nitrogen and oxygen atoms in total. The average Bonchev–Trinajstić information content (AvgIpc) is 3.04. The maximum Gasteiger partial charge on any atom is 0.160 e. The number of fused-ring (bicyclic) bond motifs is 1. The lowest BCUT2D eigenvalue weighted by molar-refractivity contribution is 0.476. The summed E-state index contributed by atoms with van der Waals surface area (Å²) in [4.78, 5) is 4.47. The maximum absolute atomic E-state index is 4.67. The molecule has 0 saturated carbocycles. The number of hydrogen-bond acceptors (Lipinski definition) is 4. The number of hydrogen-bond donors (Lipinski definition) is 1. The van der Waals surface area contributed by atoms with Crippen LogP contribution in [0.5, 0.6) is 0 Å². The number of thioether (sulfide) groups is 1. The van der Waals surface area contributed by atoms with E-state index in [0.717, 1.165) is 49.2 Å². The van der Waals surface area contributed by atoms with Gasteiger partial charge in [0.25, 0.3) is 0 Å². The van der Waals surface area contributed by atoms with Crippen molar-refractivity contribution in [2.75, 3.05) is 18.1 Å². The minimum atomic E-state index is 0.902. The Hall–Kier alpha value is -1.27. The molecule has 0 aliphatic carbocycles. The standard InChI is InChI=1S/C13H19N5S/c1-2-19-8-7-17-5-4-15-13(17)12-9-11-10-14-3-6-18(11)16-12/h4-5,9,14H,2-3,6-8,10H2,1H3. The molecule has 2 aromatic rings. The first kappa shape index (κ1) is 12.7. The van der Waals surface area contributed by atoms with Crippen molar-refractivity contribution in [1.29, 1.82) is 0 Å². The molecule has 0 aromatic carbocycles. The van der Waals surface area contributed by atoms with E-state index >= 15 is 0 Å². The molecule has 0 unspecified atom stereocenters. The molecule has 0 bridgehead atoms. The molecule has 1 N–H and O–H groups in total. The summed E-state index contributed by atoms with van der Waals surface area (Å²) < 4.78 is 4.29. The van der Waals surface area contributed by atoms with Crippen molar-refractivity contribution in [3.8, 4) is 11.5 Å². The normalized spacial score (nSPS) is 14.6. The summed E-state index contributed by atoms with van der Waals surface area (Å²) in [5, 5.41) is 8.03. The highest BCUT2D eigenvalue weighted by molar-refractivity contribution is 7.99. The molecular weight excluding hydrogens is 258 g/mol. The molecule has 0 atom stereocenters. The first-order chi connectivity index (χ1) is 9.38. The molecule has 3 rings (SSSR count). The molecule has 0 radical (unpaired) electrons. The third kappa shape index (κ3) is 2.69. The van der Waals surface area contributed by atoms with Crippen molar-refractivity contribution in [1.82, 2.24) is 24.6 Å². The van der Waals surface area contributed by atoms with Gasteiger partial charge in [-0.2, -0.15) is 16.9 Å². The molecule has 0 fully saturated rings. The predicted molar refractivity (Wildman–Crippen MR) is 78.2 cm³/mol. The fourth-order valence-electron chi connectivity index (χ4n) is 2.33. The van der Waals surface area contributed by atoms with Crippen LogP contribution in [0, 0.1) is 0 Å². The summed E-state index contributed by atoms with van der Waals surface area (Å²) in [5.41, 5.74) is 2.24. The SMILES string of the molecule is CCSCCn1ccnc1-c1cc2n(n1)CCNC2. The molecule has 1 aliphatic heterocycles. The molecular formula is C13H19N5S. The second kappa shape index (κ2) is 5.79. The zero-order chi connectivity index (χ0) is 13.1. The van der Waals surface area contributed by atoms with Gasteiger partial charge in [0.15, 0.2) is 5.82 Å². The van der Waals surface area contributed by atoms with Crippen LogP contribution < -0.4 is 5.32 Å². The van der Waals surface area contributed by atoms with Gasteiger partial charge < -0.3 is 9.88 Å². The van der Waals surface area contributed by atoms with E-state index in [2.05, 4.69) is 37.6 Å². The summed E-state index contributed by atoms with van der Waals surface area (Å²) in [6.45, 7) is 6.03. The second-order valence-electron chi connectivity index (χ2n) is 4.56. The van der Waals surface area contributed by atoms with Crippen LogP contribution in [0.15, 0.2) is 18.5 Å². The second-order valence-corrected chi connectivity index (χ2v) is 5.96. The predicted octanol–water partition coefficient (Wildman–Crippen LogP) is 1.60. The van der Waals surface area contributed by atoms with E-state index in [1.54, 1.807) is 0 Å².